The van der Waals surface area contributed by atoms with E-state index in [0.29, 0.717) is 12.8 Å². The van der Waals surface area contributed by atoms with Gasteiger partial charge < -0.3 is 4.74 Å². The summed E-state index contributed by atoms with van der Waals surface area (Å²) in [5.41, 5.74) is -0.701. The van der Waals surface area contributed by atoms with Crippen LogP contribution in [0.4, 0.5) is 13.6 Å². The summed E-state index contributed by atoms with van der Waals surface area (Å²) in [5, 5.41) is 0. The number of piperidine rings is 1. The summed E-state index contributed by atoms with van der Waals surface area (Å²) in [6.07, 6.45) is -2.09. The van der Waals surface area contributed by atoms with Gasteiger partial charge in [-0.3, -0.25) is 9.69 Å². The Bertz CT molecular complexity index is 326. The van der Waals surface area contributed by atoms with Crippen molar-refractivity contribution in [3.8, 4) is 0 Å². The Balaban J connectivity index is 2.76. The largest absolute Gasteiger partial charge is 0.444 e. The highest BCUT2D eigenvalue weighted by Crippen LogP contribution is 2.22. The van der Waals surface area contributed by atoms with Crippen LogP contribution in [0.3, 0.4) is 0 Å². The van der Waals surface area contributed by atoms with Gasteiger partial charge in [0.25, 0.3) is 6.43 Å². The number of rotatable bonds is 2. The fourth-order valence-corrected chi connectivity index (χ4v) is 1.91. The van der Waals surface area contributed by atoms with Crippen molar-refractivity contribution in [3.63, 3.8) is 0 Å². The SMILES string of the molecule is CC(C)(C)OC(=O)N1CCCCC1C(=O)C(F)F. The van der Waals surface area contributed by atoms with E-state index in [1.165, 1.54) is 0 Å². The van der Waals surface area contributed by atoms with Gasteiger partial charge in [0.05, 0.1) is 6.04 Å². The molecular weight excluding hydrogens is 244 g/mol. The predicted octanol–water partition coefficient (Wildman–Crippen LogP) is 2.61. The highest BCUT2D eigenvalue weighted by atomic mass is 19.3. The van der Waals surface area contributed by atoms with Crippen LogP contribution in [0.25, 0.3) is 0 Å². The van der Waals surface area contributed by atoms with Crippen LogP contribution in [0, 0.1) is 0 Å². The lowest BCUT2D eigenvalue weighted by Crippen LogP contribution is -2.51. The molecule has 0 aromatic rings. The van der Waals surface area contributed by atoms with E-state index in [4.69, 9.17) is 4.74 Å². The number of Topliss-reactive ketones (excluding diaryl/α,β-unsaturated/α-hetero) is 1. The highest BCUT2D eigenvalue weighted by molar-refractivity contribution is 5.89. The van der Waals surface area contributed by atoms with E-state index in [1.54, 1.807) is 20.8 Å². The van der Waals surface area contributed by atoms with Gasteiger partial charge in [0, 0.05) is 6.54 Å². The fourth-order valence-electron chi connectivity index (χ4n) is 1.91. The summed E-state index contributed by atoms with van der Waals surface area (Å²) in [7, 11) is 0. The Hall–Kier alpha value is -1.20. The standard InChI is InChI=1S/C12H19F2NO3/c1-12(2,3)18-11(17)15-7-5-4-6-8(15)9(16)10(13)14/h8,10H,4-7H2,1-3H3. The first-order valence-electron chi connectivity index (χ1n) is 6.04. The average molecular weight is 263 g/mol. The summed E-state index contributed by atoms with van der Waals surface area (Å²) < 4.78 is 30.0. The third-order valence-corrected chi connectivity index (χ3v) is 2.67. The van der Waals surface area contributed by atoms with Crippen LogP contribution in [0.1, 0.15) is 40.0 Å². The van der Waals surface area contributed by atoms with Gasteiger partial charge in [-0.15, -0.1) is 0 Å². The average Bonchev–Trinajstić information content (AvgIpc) is 2.25. The van der Waals surface area contributed by atoms with Crippen molar-refractivity contribution >= 4 is 11.9 Å². The number of ether oxygens (including phenoxy) is 1. The number of alkyl halides is 2. The zero-order valence-corrected chi connectivity index (χ0v) is 10.9. The first kappa shape index (κ1) is 14.9. The summed E-state index contributed by atoms with van der Waals surface area (Å²) in [4.78, 5) is 24.4. The number of carbonyl (C=O) groups is 2. The van der Waals surface area contributed by atoms with Gasteiger partial charge in [-0.1, -0.05) is 0 Å². The smallest absolute Gasteiger partial charge is 0.410 e. The fraction of sp³-hybridized carbons (Fsp3) is 0.833. The second-order valence-corrected chi connectivity index (χ2v) is 5.39. The van der Waals surface area contributed by atoms with Gasteiger partial charge in [0.1, 0.15) is 5.60 Å². The molecule has 4 nitrogen and oxygen atoms in total. The Kier molecular flexibility index (Phi) is 4.65. The topological polar surface area (TPSA) is 46.6 Å². The van der Waals surface area contributed by atoms with Crippen LogP contribution in [0.15, 0.2) is 0 Å². The molecule has 1 heterocycles. The third-order valence-electron chi connectivity index (χ3n) is 2.67. The molecule has 0 N–H and O–H groups in total. The molecule has 0 bridgehead atoms. The van der Waals surface area contributed by atoms with Crippen molar-refractivity contribution in [3.05, 3.63) is 0 Å². The van der Waals surface area contributed by atoms with Crippen molar-refractivity contribution in [2.24, 2.45) is 0 Å². The number of ketones is 1. The van der Waals surface area contributed by atoms with E-state index >= 15 is 0 Å². The lowest BCUT2D eigenvalue weighted by Gasteiger charge is -2.35. The maximum Gasteiger partial charge on any atom is 0.410 e. The summed E-state index contributed by atoms with van der Waals surface area (Å²) >= 11 is 0. The van der Waals surface area contributed by atoms with Crippen molar-refractivity contribution in [2.75, 3.05) is 6.54 Å². The maximum absolute atomic E-state index is 12.5. The van der Waals surface area contributed by atoms with E-state index in [-0.39, 0.29) is 13.0 Å². The monoisotopic (exact) mass is 263 g/mol. The summed E-state index contributed by atoms with van der Waals surface area (Å²) in [6, 6.07) is -1.05. The second kappa shape index (κ2) is 5.63. The van der Waals surface area contributed by atoms with E-state index in [9.17, 15) is 18.4 Å². The molecule has 18 heavy (non-hydrogen) atoms. The Morgan fingerprint density at radius 2 is 1.89 bits per heavy atom. The number of nitrogens with zero attached hydrogens (tertiary/aromatic N) is 1. The molecule has 1 amide bonds. The van der Waals surface area contributed by atoms with Crippen molar-refractivity contribution in [2.45, 2.75) is 58.1 Å². The Morgan fingerprint density at radius 3 is 2.39 bits per heavy atom. The molecule has 0 aliphatic carbocycles. The minimum Gasteiger partial charge on any atom is -0.444 e. The molecular formula is C12H19F2NO3. The van der Waals surface area contributed by atoms with Crippen LogP contribution >= 0.6 is 0 Å². The molecule has 1 atom stereocenters. The normalized spacial score (nSPS) is 21.0. The van der Waals surface area contributed by atoms with Crippen molar-refractivity contribution < 1.29 is 23.1 Å². The van der Waals surface area contributed by atoms with Gasteiger partial charge >= 0.3 is 6.09 Å². The van der Waals surface area contributed by atoms with E-state index < -0.39 is 29.9 Å². The number of hydrogen-bond donors (Lipinski definition) is 0. The molecule has 0 spiro atoms. The summed E-state index contributed by atoms with van der Waals surface area (Å²) in [6.45, 7) is 5.37. The van der Waals surface area contributed by atoms with Crippen LogP contribution in [-0.2, 0) is 9.53 Å². The van der Waals surface area contributed by atoms with Gasteiger partial charge in [-0.2, -0.15) is 0 Å². The molecule has 1 fully saturated rings. The molecule has 6 heteroatoms. The molecule has 1 unspecified atom stereocenters. The quantitative estimate of drug-likeness (QED) is 0.769. The van der Waals surface area contributed by atoms with Crippen LogP contribution < -0.4 is 0 Å². The first-order valence-corrected chi connectivity index (χ1v) is 6.04. The number of carbonyl (C=O) groups excluding carboxylic acids is 2. The molecule has 0 aromatic carbocycles. The number of hydrogen-bond acceptors (Lipinski definition) is 3. The zero-order valence-electron chi connectivity index (χ0n) is 10.9. The van der Waals surface area contributed by atoms with Gasteiger partial charge in [-0.25, -0.2) is 13.6 Å². The van der Waals surface area contributed by atoms with Gasteiger partial charge in [0.2, 0.25) is 5.78 Å². The van der Waals surface area contributed by atoms with Crippen LogP contribution in [0.5, 0.6) is 0 Å². The van der Waals surface area contributed by atoms with E-state index in [2.05, 4.69) is 0 Å². The van der Waals surface area contributed by atoms with Crippen LogP contribution in [-0.4, -0.2) is 41.4 Å². The summed E-state index contributed by atoms with van der Waals surface area (Å²) in [5.74, 6) is -1.19. The molecule has 1 aliphatic heterocycles. The first-order chi connectivity index (χ1) is 8.22. The van der Waals surface area contributed by atoms with Gasteiger partial charge in [-0.05, 0) is 40.0 Å². The van der Waals surface area contributed by atoms with Crippen molar-refractivity contribution in [1.82, 2.24) is 4.90 Å². The lowest BCUT2D eigenvalue weighted by molar-refractivity contribution is -0.136. The van der Waals surface area contributed by atoms with Crippen LogP contribution in [0.2, 0.25) is 0 Å². The molecule has 1 aliphatic rings. The number of amides is 1. The second-order valence-electron chi connectivity index (χ2n) is 5.39. The van der Waals surface area contributed by atoms with Crippen molar-refractivity contribution in [1.29, 1.82) is 0 Å². The predicted molar refractivity (Wildman–Crippen MR) is 61.6 cm³/mol. The molecule has 1 rings (SSSR count). The maximum atomic E-state index is 12.5. The van der Waals surface area contributed by atoms with E-state index in [1.807, 2.05) is 0 Å². The third kappa shape index (κ3) is 3.92. The number of halogens is 2. The molecule has 0 aromatic heterocycles. The zero-order chi connectivity index (χ0) is 13.9. The van der Waals surface area contributed by atoms with Gasteiger partial charge in [0.15, 0.2) is 0 Å². The molecule has 104 valence electrons. The molecule has 1 saturated heterocycles. The highest BCUT2D eigenvalue weighted by Gasteiger charge is 2.37. The number of likely N-dealkylation sites (tertiary alicyclic amines) is 1. The minimum atomic E-state index is -3.04. The minimum absolute atomic E-state index is 0.280. The lowest BCUT2D eigenvalue weighted by atomic mass is 9.99. The molecule has 0 saturated carbocycles. The molecule has 0 radical (unpaired) electrons. The Labute approximate surface area is 105 Å². The Morgan fingerprint density at radius 1 is 1.28 bits per heavy atom. The van der Waals surface area contributed by atoms with E-state index in [0.717, 1.165) is 4.90 Å².